The van der Waals surface area contributed by atoms with Gasteiger partial charge in [0.1, 0.15) is 0 Å². The van der Waals surface area contributed by atoms with Crippen LogP contribution < -0.4 is 10.9 Å². The summed E-state index contributed by atoms with van der Waals surface area (Å²) in [5, 5.41) is 8.39. The number of hydrogen-bond acceptors (Lipinski definition) is 5. The third-order valence-corrected chi connectivity index (χ3v) is 6.50. The van der Waals surface area contributed by atoms with Gasteiger partial charge in [0.05, 0.1) is 29.9 Å². The van der Waals surface area contributed by atoms with E-state index < -0.39 is 0 Å². The number of nitrogens with one attached hydrogen (secondary N) is 2. The molecule has 3 aromatic rings. The van der Waals surface area contributed by atoms with Gasteiger partial charge in [-0.3, -0.25) is 14.3 Å². The van der Waals surface area contributed by atoms with Gasteiger partial charge in [-0.1, -0.05) is 18.9 Å². The molecule has 0 radical (unpaired) electrons. The lowest BCUT2D eigenvalue weighted by Gasteiger charge is -2.13. The highest BCUT2D eigenvalue weighted by atomic mass is 16.5. The van der Waals surface area contributed by atoms with E-state index in [0.717, 1.165) is 48.0 Å². The quantitative estimate of drug-likeness (QED) is 0.447. The zero-order valence-electron chi connectivity index (χ0n) is 20.4. The van der Waals surface area contributed by atoms with Gasteiger partial charge in [-0.25, -0.2) is 0 Å². The fourth-order valence-corrected chi connectivity index (χ4v) is 4.74. The van der Waals surface area contributed by atoms with E-state index in [1.54, 1.807) is 6.20 Å². The highest BCUT2D eigenvalue weighted by Crippen LogP contribution is 2.32. The van der Waals surface area contributed by atoms with Crippen LogP contribution in [-0.2, 0) is 17.9 Å². The fraction of sp³-hybridized carbons (Fsp3) is 0.500. The zero-order chi connectivity index (χ0) is 24.1. The number of amides is 1. The molecule has 4 rings (SSSR count). The molecule has 1 aromatic carbocycles. The highest BCUT2D eigenvalue weighted by Gasteiger charge is 2.21. The van der Waals surface area contributed by atoms with E-state index >= 15 is 0 Å². The molecule has 2 aromatic heterocycles. The molecule has 1 fully saturated rings. The average Bonchev–Trinajstić information content (AvgIpc) is 3.47. The minimum absolute atomic E-state index is 0.137. The zero-order valence-corrected chi connectivity index (χ0v) is 20.4. The molecule has 2 heterocycles. The normalized spacial score (nSPS) is 14.4. The first-order chi connectivity index (χ1) is 16.4. The van der Waals surface area contributed by atoms with Gasteiger partial charge in [0.25, 0.3) is 11.5 Å². The van der Waals surface area contributed by atoms with Crippen LogP contribution in [-0.4, -0.2) is 52.8 Å². The Morgan fingerprint density at radius 2 is 2.09 bits per heavy atom. The molecule has 34 heavy (non-hydrogen) atoms. The molecule has 182 valence electrons. The van der Waals surface area contributed by atoms with Gasteiger partial charge in [-0.2, -0.15) is 5.10 Å². The standard InChI is InChI=1S/C26H35N5O3/c1-18-14-19(17-34-13-7-12-30(2)3)22(26(33)29-18)15-27-25(32)21-10-6-11-24-23(21)16-28-31(24)20-8-4-5-9-20/h6,10-11,14,16,20H,4-5,7-9,12-13,15,17H2,1-3H3,(H,27,32)(H,29,33). The minimum Gasteiger partial charge on any atom is -0.377 e. The van der Waals surface area contributed by atoms with Crippen molar-refractivity contribution in [3.05, 3.63) is 63.2 Å². The van der Waals surface area contributed by atoms with Crippen molar-refractivity contribution < 1.29 is 9.53 Å². The number of hydrogen-bond donors (Lipinski definition) is 2. The molecule has 1 aliphatic carbocycles. The Bertz CT molecular complexity index is 1190. The lowest BCUT2D eigenvalue weighted by atomic mass is 10.1. The number of carbonyl (C=O) groups is 1. The van der Waals surface area contributed by atoms with Crippen LogP contribution in [0.25, 0.3) is 10.9 Å². The van der Waals surface area contributed by atoms with Crippen molar-refractivity contribution in [3.63, 3.8) is 0 Å². The first-order valence-corrected chi connectivity index (χ1v) is 12.1. The Hall–Kier alpha value is -2.97. The number of ether oxygens (including phenoxy) is 1. The predicted octanol–water partition coefficient (Wildman–Crippen LogP) is 3.55. The molecule has 1 saturated carbocycles. The Kier molecular flexibility index (Phi) is 7.80. The first-order valence-electron chi connectivity index (χ1n) is 12.1. The largest absolute Gasteiger partial charge is 0.377 e. The molecule has 8 nitrogen and oxygen atoms in total. The summed E-state index contributed by atoms with van der Waals surface area (Å²) < 4.78 is 7.88. The molecule has 0 aliphatic heterocycles. The summed E-state index contributed by atoms with van der Waals surface area (Å²) in [6.07, 6.45) is 7.40. The Balaban J connectivity index is 1.46. The van der Waals surface area contributed by atoms with Crippen molar-refractivity contribution >= 4 is 16.8 Å². The van der Waals surface area contributed by atoms with Gasteiger partial charge in [-0.15, -0.1) is 0 Å². The Morgan fingerprint density at radius 1 is 1.29 bits per heavy atom. The van der Waals surface area contributed by atoms with Crippen LogP contribution in [0, 0.1) is 6.92 Å². The van der Waals surface area contributed by atoms with Crippen molar-refractivity contribution in [1.82, 2.24) is 25.0 Å². The van der Waals surface area contributed by atoms with Crippen LogP contribution in [0.3, 0.4) is 0 Å². The first kappa shape index (κ1) is 24.2. The highest BCUT2D eigenvalue weighted by molar-refractivity contribution is 6.06. The van der Waals surface area contributed by atoms with Crippen LogP contribution in [0.15, 0.2) is 35.3 Å². The maximum absolute atomic E-state index is 13.1. The number of fused-ring (bicyclic) bond motifs is 1. The topological polar surface area (TPSA) is 92.2 Å². The summed E-state index contributed by atoms with van der Waals surface area (Å²) in [4.78, 5) is 30.7. The maximum atomic E-state index is 13.1. The van der Waals surface area contributed by atoms with Gasteiger partial charge in [0.2, 0.25) is 0 Å². The second-order valence-electron chi connectivity index (χ2n) is 9.44. The number of nitrogens with zero attached hydrogens (tertiary/aromatic N) is 3. The Labute approximate surface area is 200 Å². The van der Waals surface area contributed by atoms with Gasteiger partial charge in [0.15, 0.2) is 0 Å². The monoisotopic (exact) mass is 465 g/mol. The van der Waals surface area contributed by atoms with Crippen molar-refractivity contribution in [1.29, 1.82) is 0 Å². The van der Waals surface area contributed by atoms with Crippen molar-refractivity contribution in [2.75, 3.05) is 27.2 Å². The third kappa shape index (κ3) is 5.56. The van der Waals surface area contributed by atoms with E-state index in [4.69, 9.17) is 4.74 Å². The third-order valence-electron chi connectivity index (χ3n) is 6.50. The number of carbonyl (C=O) groups excluding carboxylic acids is 1. The van der Waals surface area contributed by atoms with Crippen molar-refractivity contribution in [2.45, 2.75) is 58.2 Å². The number of rotatable bonds is 10. The predicted molar refractivity (Wildman–Crippen MR) is 133 cm³/mol. The van der Waals surface area contributed by atoms with E-state index in [2.05, 4.69) is 25.0 Å². The summed E-state index contributed by atoms with van der Waals surface area (Å²) in [5.74, 6) is -0.214. The number of benzene rings is 1. The molecule has 0 spiro atoms. The molecule has 0 atom stereocenters. The van der Waals surface area contributed by atoms with E-state index in [-0.39, 0.29) is 18.0 Å². The molecular weight excluding hydrogens is 430 g/mol. The molecular formula is C26H35N5O3. The van der Waals surface area contributed by atoms with Gasteiger partial charge < -0.3 is 19.9 Å². The van der Waals surface area contributed by atoms with Crippen LogP contribution in [0.4, 0.5) is 0 Å². The van der Waals surface area contributed by atoms with Gasteiger partial charge in [-0.05, 0) is 70.6 Å². The molecule has 0 bridgehead atoms. The maximum Gasteiger partial charge on any atom is 0.253 e. The molecule has 1 aliphatic rings. The van der Waals surface area contributed by atoms with Crippen LogP contribution in [0.2, 0.25) is 0 Å². The average molecular weight is 466 g/mol. The van der Waals surface area contributed by atoms with Gasteiger partial charge >= 0.3 is 0 Å². The van der Waals surface area contributed by atoms with Crippen molar-refractivity contribution in [3.8, 4) is 0 Å². The summed E-state index contributed by atoms with van der Waals surface area (Å²) in [7, 11) is 4.06. The van der Waals surface area contributed by atoms with Crippen LogP contribution in [0.5, 0.6) is 0 Å². The summed E-state index contributed by atoms with van der Waals surface area (Å²) in [6.45, 7) is 3.89. The Morgan fingerprint density at radius 3 is 2.85 bits per heavy atom. The smallest absolute Gasteiger partial charge is 0.253 e. The lowest BCUT2D eigenvalue weighted by molar-refractivity contribution is 0.0950. The van der Waals surface area contributed by atoms with Gasteiger partial charge in [0, 0.05) is 29.8 Å². The summed E-state index contributed by atoms with van der Waals surface area (Å²) in [5.41, 5.74) is 3.47. The van der Waals surface area contributed by atoms with Crippen molar-refractivity contribution in [2.24, 2.45) is 0 Å². The molecule has 8 heteroatoms. The number of pyridine rings is 1. The van der Waals surface area contributed by atoms with E-state index in [9.17, 15) is 9.59 Å². The van der Waals surface area contributed by atoms with E-state index in [0.29, 0.717) is 30.4 Å². The minimum atomic E-state index is -0.214. The number of aryl methyl sites for hydroxylation is 1. The van der Waals surface area contributed by atoms with E-state index in [1.807, 2.05) is 45.3 Å². The van der Waals surface area contributed by atoms with Crippen LogP contribution in [0.1, 0.15) is 65.3 Å². The summed E-state index contributed by atoms with van der Waals surface area (Å²) >= 11 is 0. The molecule has 2 N–H and O–H groups in total. The molecule has 1 amide bonds. The lowest BCUT2D eigenvalue weighted by Crippen LogP contribution is -2.28. The van der Waals surface area contributed by atoms with Crippen LogP contribution >= 0.6 is 0 Å². The number of H-pyrrole nitrogens is 1. The fourth-order valence-electron chi connectivity index (χ4n) is 4.74. The molecule has 0 saturated heterocycles. The second kappa shape index (κ2) is 11.0. The summed E-state index contributed by atoms with van der Waals surface area (Å²) in [6, 6.07) is 8.06. The number of aromatic amines is 1. The second-order valence-corrected chi connectivity index (χ2v) is 9.44. The SMILES string of the molecule is Cc1cc(COCCCN(C)C)c(CNC(=O)c2cccc3c2cnn3C2CCCC2)c(=O)[nH]1. The molecule has 0 unspecified atom stereocenters. The van der Waals surface area contributed by atoms with E-state index in [1.165, 1.54) is 12.8 Å². The number of aromatic nitrogens is 3.